The number of Topliss-reactive ketones (excluding diaryl/α,β-unsaturated/α-hetero) is 1. The number of hydrogen-bond acceptors (Lipinski definition) is 3. The molecule has 0 aliphatic heterocycles. The Kier molecular flexibility index (Phi) is 7.42. The molecular weight excluding hydrogens is 393 g/mol. The summed E-state index contributed by atoms with van der Waals surface area (Å²) in [6.07, 6.45) is 2.26. The first kappa shape index (κ1) is 22.9. The SMILES string of the molecule is CCC(=O)CC(O)CC(O)/C=C/c1c(-c2ccc(F)cc2)c2ccccc2n1C(C)C. The molecule has 0 bridgehead atoms. The maximum Gasteiger partial charge on any atom is 0.135 e. The number of aromatic nitrogens is 1. The summed E-state index contributed by atoms with van der Waals surface area (Å²) in [7, 11) is 0. The van der Waals surface area contributed by atoms with Crippen molar-refractivity contribution < 1.29 is 19.4 Å². The summed E-state index contributed by atoms with van der Waals surface area (Å²) < 4.78 is 15.7. The van der Waals surface area contributed by atoms with E-state index < -0.39 is 12.2 Å². The van der Waals surface area contributed by atoms with Crippen LogP contribution >= 0.6 is 0 Å². The van der Waals surface area contributed by atoms with Crippen molar-refractivity contribution in [3.8, 4) is 11.1 Å². The molecule has 0 saturated heterocycles. The van der Waals surface area contributed by atoms with E-state index in [2.05, 4.69) is 24.5 Å². The van der Waals surface area contributed by atoms with Gasteiger partial charge in [-0.15, -0.1) is 0 Å². The van der Waals surface area contributed by atoms with Crippen LogP contribution in [0.1, 0.15) is 51.8 Å². The summed E-state index contributed by atoms with van der Waals surface area (Å²) in [6.45, 7) is 5.94. The maximum absolute atomic E-state index is 13.5. The normalized spacial score (nSPS) is 13.9. The minimum atomic E-state index is -0.889. The fourth-order valence-corrected chi connectivity index (χ4v) is 3.97. The van der Waals surface area contributed by atoms with E-state index in [9.17, 15) is 19.4 Å². The summed E-state index contributed by atoms with van der Waals surface area (Å²) in [6, 6.07) is 14.6. The zero-order valence-electron chi connectivity index (χ0n) is 18.3. The second kappa shape index (κ2) is 10.0. The minimum absolute atomic E-state index is 0.0257. The number of ketones is 1. The molecule has 0 saturated carbocycles. The minimum Gasteiger partial charge on any atom is -0.393 e. The highest BCUT2D eigenvalue weighted by atomic mass is 19.1. The van der Waals surface area contributed by atoms with Gasteiger partial charge in [0.15, 0.2) is 0 Å². The van der Waals surface area contributed by atoms with Crippen molar-refractivity contribution in [2.45, 2.75) is 58.3 Å². The first-order chi connectivity index (χ1) is 14.8. The van der Waals surface area contributed by atoms with Gasteiger partial charge >= 0.3 is 0 Å². The Morgan fingerprint density at radius 3 is 2.42 bits per heavy atom. The lowest BCUT2D eigenvalue weighted by Gasteiger charge is -2.15. The molecule has 1 aromatic heterocycles. The number of rotatable bonds is 9. The second-order valence-corrected chi connectivity index (χ2v) is 8.16. The van der Waals surface area contributed by atoms with Crippen LogP contribution in [0.4, 0.5) is 4.39 Å². The number of carbonyl (C=O) groups excluding carboxylic acids is 1. The van der Waals surface area contributed by atoms with Gasteiger partial charge in [-0.05, 0) is 43.7 Å². The molecule has 2 atom stereocenters. The van der Waals surface area contributed by atoms with E-state index >= 15 is 0 Å². The van der Waals surface area contributed by atoms with Crippen LogP contribution in [0.15, 0.2) is 54.6 Å². The summed E-state index contributed by atoms with van der Waals surface area (Å²) in [5, 5.41) is 21.6. The van der Waals surface area contributed by atoms with Crippen LogP contribution in [0.25, 0.3) is 28.1 Å². The Hall–Kier alpha value is -2.76. The van der Waals surface area contributed by atoms with E-state index in [1.54, 1.807) is 25.1 Å². The number of hydrogen-bond donors (Lipinski definition) is 2. The smallest absolute Gasteiger partial charge is 0.135 e. The Labute approximate surface area is 182 Å². The van der Waals surface area contributed by atoms with Crippen molar-refractivity contribution in [3.63, 3.8) is 0 Å². The largest absolute Gasteiger partial charge is 0.393 e. The number of halogens is 1. The van der Waals surface area contributed by atoms with Crippen molar-refractivity contribution >= 4 is 22.8 Å². The van der Waals surface area contributed by atoms with Gasteiger partial charge in [-0.2, -0.15) is 0 Å². The number of benzene rings is 2. The molecule has 3 aromatic rings. The molecule has 4 nitrogen and oxygen atoms in total. The van der Waals surface area contributed by atoms with Crippen LogP contribution in [0, 0.1) is 5.82 Å². The molecular formula is C26H30FNO3. The number of nitrogens with zero attached hydrogens (tertiary/aromatic N) is 1. The van der Waals surface area contributed by atoms with Crippen molar-refractivity contribution in [1.82, 2.24) is 4.57 Å². The molecule has 0 fully saturated rings. The standard InChI is InChI=1S/C26H30FNO3/c1-4-20(29)15-22(31)16-21(30)13-14-25-26(18-9-11-19(27)12-10-18)23-7-5-6-8-24(23)28(25)17(2)3/h5-14,17,21-22,30-31H,4,15-16H2,1-3H3/b14-13+. The van der Waals surface area contributed by atoms with Crippen LogP contribution in [0.5, 0.6) is 0 Å². The zero-order chi connectivity index (χ0) is 22.5. The molecule has 2 N–H and O–H groups in total. The van der Waals surface area contributed by atoms with Gasteiger partial charge in [0.25, 0.3) is 0 Å². The third kappa shape index (κ3) is 5.30. The first-order valence-corrected chi connectivity index (χ1v) is 10.8. The van der Waals surface area contributed by atoms with Crippen molar-refractivity contribution in [3.05, 3.63) is 66.1 Å². The fraction of sp³-hybridized carbons (Fsp3) is 0.346. The topological polar surface area (TPSA) is 62.5 Å². The molecule has 164 valence electrons. The Bertz CT molecular complexity index is 1070. The van der Waals surface area contributed by atoms with Crippen LogP contribution in [0.3, 0.4) is 0 Å². The zero-order valence-corrected chi connectivity index (χ0v) is 18.3. The highest BCUT2D eigenvalue weighted by molar-refractivity contribution is 6.01. The number of carbonyl (C=O) groups is 1. The van der Waals surface area contributed by atoms with E-state index in [0.29, 0.717) is 6.42 Å². The predicted molar refractivity (Wildman–Crippen MR) is 123 cm³/mol. The highest BCUT2D eigenvalue weighted by Gasteiger charge is 2.19. The summed E-state index contributed by atoms with van der Waals surface area (Å²) in [5.74, 6) is -0.318. The van der Waals surface area contributed by atoms with Crippen LogP contribution in [0.2, 0.25) is 0 Å². The monoisotopic (exact) mass is 423 g/mol. The molecule has 0 spiro atoms. The molecule has 0 aliphatic rings. The average molecular weight is 424 g/mol. The van der Waals surface area contributed by atoms with Gasteiger partial charge in [0.1, 0.15) is 11.6 Å². The van der Waals surface area contributed by atoms with Crippen molar-refractivity contribution in [1.29, 1.82) is 0 Å². The van der Waals surface area contributed by atoms with Crippen molar-refractivity contribution in [2.24, 2.45) is 0 Å². The van der Waals surface area contributed by atoms with E-state index in [-0.39, 0.29) is 30.5 Å². The predicted octanol–water partition coefficient (Wildman–Crippen LogP) is 5.52. The highest BCUT2D eigenvalue weighted by Crippen LogP contribution is 2.38. The van der Waals surface area contributed by atoms with Gasteiger partial charge < -0.3 is 14.8 Å². The molecule has 0 radical (unpaired) electrons. The van der Waals surface area contributed by atoms with E-state index in [1.165, 1.54) is 12.1 Å². The van der Waals surface area contributed by atoms with Gasteiger partial charge in [-0.1, -0.05) is 43.3 Å². The van der Waals surface area contributed by atoms with Gasteiger partial charge in [-0.25, -0.2) is 4.39 Å². The van der Waals surface area contributed by atoms with Gasteiger partial charge in [0.2, 0.25) is 0 Å². The molecule has 31 heavy (non-hydrogen) atoms. The number of aliphatic hydroxyl groups excluding tert-OH is 2. The van der Waals surface area contributed by atoms with Crippen LogP contribution in [-0.4, -0.2) is 32.8 Å². The lowest BCUT2D eigenvalue weighted by Crippen LogP contribution is -2.19. The molecule has 3 rings (SSSR count). The molecule has 5 heteroatoms. The Morgan fingerprint density at radius 2 is 1.77 bits per heavy atom. The lowest BCUT2D eigenvalue weighted by atomic mass is 10.0. The quantitative estimate of drug-likeness (QED) is 0.476. The van der Waals surface area contributed by atoms with Gasteiger partial charge in [-0.3, -0.25) is 4.79 Å². The van der Waals surface area contributed by atoms with E-state index in [1.807, 2.05) is 24.3 Å². The van der Waals surface area contributed by atoms with Gasteiger partial charge in [0, 0.05) is 47.5 Å². The van der Waals surface area contributed by atoms with E-state index in [0.717, 1.165) is 27.7 Å². The van der Waals surface area contributed by atoms with Crippen LogP contribution in [-0.2, 0) is 4.79 Å². The molecule has 1 heterocycles. The molecule has 0 amide bonds. The molecule has 2 unspecified atom stereocenters. The number of fused-ring (bicyclic) bond motifs is 1. The molecule has 2 aromatic carbocycles. The van der Waals surface area contributed by atoms with Gasteiger partial charge in [0.05, 0.1) is 12.2 Å². The van der Waals surface area contributed by atoms with E-state index in [4.69, 9.17) is 0 Å². The Balaban J connectivity index is 2.03. The second-order valence-electron chi connectivity index (χ2n) is 8.16. The fourth-order valence-electron chi connectivity index (χ4n) is 3.97. The average Bonchev–Trinajstić information content (AvgIpc) is 3.07. The van der Waals surface area contributed by atoms with Crippen LogP contribution < -0.4 is 0 Å². The Morgan fingerprint density at radius 1 is 1.10 bits per heavy atom. The summed E-state index contributed by atoms with van der Waals surface area (Å²) in [5.41, 5.74) is 3.81. The molecule has 0 aliphatic carbocycles. The number of aliphatic hydroxyl groups is 2. The maximum atomic E-state index is 13.5. The first-order valence-electron chi connectivity index (χ1n) is 10.8. The number of para-hydroxylation sites is 1. The summed E-state index contributed by atoms with van der Waals surface area (Å²) in [4.78, 5) is 11.5. The lowest BCUT2D eigenvalue weighted by molar-refractivity contribution is -0.120. The van der Waals surface area contributed by atoms with Crippen molar-refractivity contribution in [2.75, 3.05) is 0 Å². The summed E-state index contributed by atoms with van der Waals surface area (Å²) >= 11 is 0. The third-order valence-corrected chi connectivity index (χ3v) is 5.45. The third-order valence-electron chi connectivity index (χ3n) is 5.45.